The van der Waals surface area contributed by atoms with E-state index in [0.29, 0.717) is 5.69 Å². The summed E-state index contributed by atoms with van der Waals surface area (Å²) in [5.74, 6) is 0. The van der Waals surface area contributed by atoms with Gasteiger partial charge < -0.3 is 5.32 Å². The van der Waals surface area contributed by atoms with Gasteiger partial charge in [-0.15, -0.1) is 0 Å². The average Bonchev–Trinajstić information content (AvgIpc) is 2.42. The van der Waals surface area contributed by atoms with Crippen LogP contribution in [0.15, 0.2) is 47.4 Å². The number of rotatable bonds is 3. The summed E-state index contributed by atoms with van der Waals surface area (Å²) in [6.45, 7) is 5.73. The normalized spacial score (nSPS) is 11.0. The van der Waals surface area contributed by atoms with Crippen LogP contribution in [0, 0.1) is 20.8 Å². The Morgan fingerprint density at radius 3 is 2.14 bits per heavy atom. The van der Waals surface area contributed by atoms with Crippen LogP contribution >= 0.6 is 0 Å². The van der Waals surface area contributed by atoms with Crippen molar-refractivity contribution in [3.63, 3.8) is 0 Å². The van der Waals surface area contributed by atoms with E-state index in [9.17, 15) is 13.2 Å². The third kappa shape index (κ3) is 3.85. The molecule has 0 aliphatic carbocycles. The number of hydrogen-bond donors (Lipinski definition) is 2. The summed E-state index contributed by atoms with van der Waals surface area (Å²) in [7, 11) is -3.88. The van der Waals surface area contributed by atoms with Crippen molar-refractivity contribution < 1.29 is 13.2 Å². The lowest BCUT2D eigenvalue weighted by molar-refractivity contribution is 0.256. The molecule has 22 heavy (non-hydrogen) atoms. The van der Waals surface area contributed by atoms with E-state index < -0.39 is 16.1 Å². The first kappa shape index (κ1) is 16.0. The largest absolute Gasteiger partial charge is 0.333 e. The number of urea groups is 1. The minimum Gasteiger partial charge on any atom is -0.307 e. The van der Waals surface area contributed by atoms with Gasteiger partial charge in [0.15, 0.2) is 0 Å². The third-order valence-electron chi connectivity index (χ3n) is 3.32. The second-order valence-corrected chi connectivity index (χ2v) is 6.85. The van der Waals surface area contributed by atoms with Crippen molar-refractivity contribution in [3.8, 4) is 0 Å². The van der Waals surface area contributed by atoms with Crippen molar-refractivity contribution in [2.45, 2.75) is 25.7 Å². The molecule has 0 aromatic heterocycles. The van der Waals surface area contributed by atoms with Gasteiger partial charge in [0.2, 0.25) is 0 Å². The zero-order valence-corrected chi connectivity index (χ0v) is 13.5. The Hall–Kier alpha value is -2.34. The number of amides is 2. The standard InChI is InChI=1S/C16H18N2O3S/c1-11-4-8-15(9-5-11)22(20,21)18-16(19)17-14-7-6-12(2)13(3)10-14/h4-10H,1-3H3,(H2,17,18,19). The van der Waals surface area contributed by atoms with Gasteiger partial charge >= 0.3 is 6.03 Å². The van der Waals surface area contributed by atoms with Crippen LogP contribution in [0.2, 0.25) is 0 Å². The molecule has 0 radical (unpaired) electrons. The van der Waals surface area contributed by atoms with Crippen LogP contribution in [-0.2, 0) is 10.0 Å². The van der Waals surface area contributed by atoms with Crippen LogP contribution in [0.1, 0.15) is 16.7 Å². The molecule has 0 fully saturated rings. The SMILES string of the molecule is Cc1ccc(S(=O)(=O)NC(=O)Nc2ccc(C)c(C)c2)cc1. The lowest BCUT2D eigenvalue weighted by Crippen LogP contribution is -2.34. The Morgan fingerprint density at radius 2 is 1.55 bits per heavy atom. The highest BCUT2D eigenvalue weighted by Gasteiger charge is 2.17. The number of carbonyl (C=O) groups excluding carboxylic acids is 1. The number of sulfonamides is 1. The van der Waals surface area contributed by atoms with Gasteiger partial charge in [-0.25, -0.2) is 17.9 Å². The fourth-order valence-electron chi connectivity index (χ4n) is 1.87. The topological polar surface area (TPSA) is 75.3 Å². The number of hydrogen-bond acceptors (Lipinski definition) is 3. The molecule has 6 heteroatoms. The maximum atomic E-state index is 12.1. The molecule has 2 rings (SSSR count). The molecule has 2 aromatic carbocycles. The van der Waals surface area contributed by atoms with Gasteiger partial charge in [-0.3, -0.25) is 0 Å². The van der Waals surface area contributed by atoms with Crippen molar-refractivity contribution >= 4 is 21.7 Å². The summed E-state index contributed by atoms with van der Waals surface area (Å²) in [6, 6.07) is 10.9. The van der Waals surface area contributed by atoms with Gasteiger partial charge in [0, 0.05) is 5.69 Å². The van der Waals surface area contributed by atoms with E-state index in [4.69, 9.17) is 0 Å². The van der Waals surface area contributed by atoms with Gasteiger partial charge in [0.1, 0.15) is 0 Å². The second-order valence-electron chi connectivity index (χ2n) is 5.17. The van der Waals surface area contributed by atoms with Crippen molar-refractivity contribution in [1.29, 1.82) is 0 Å². The highest BCUT2D eigenvalue weighted by atomic mass is 32.2. The minimum atomic E-state index is -3.88. The summed E-state index contributed by atoms with van der Waals surface area (Å²) >= 11 is 0. The van der Waals surface area contributed by atoms with Gasteiger partial charge in [-0.2, -0.15) is 0 Å². The third-order valence-corrected chi connectivity index (χ3v) is 4.67. The van der Waals surface area contributed by atoms with Crippen molar-refractivity contribution in [1.82, 2.24) is 4.72 Å². The number of benzene rings is 2. The van der Waals surface area contributed by atoms with Crippen LogP contribution in [0.5, 0.6) is 0 Å². The number of aryl methyl sites for hydroxylation is 3. The van der Waals surface area contributed by atoms with E-state index in [2.05, 4.69) is 5.32 Å². The highest BCUT2D eigenvalue weighted by molar-refractivity contribution is 7.90. The quantitative estimate of drug-likeness (QED) is 0.913. The molecular weight excluding hydrogens is 300 g/mol. The summed E-state index contributed by atoms with van der Waals surface area (Å²) in [4.78, 5) is 11.9. The lowest BCUT2D eigenvalue weighted by Gasteiger charge is -2.10. The Kier molecular flexibility index (Phi) is 4.51. The first-order valence-electron chi connectivity index (χ1n) is 6.76. The van der Waals surface area contributed by atoms with Gasteiger partial charge in [-0.1, -0.05) is 23.8 Å². The molecule has 2 aromatic rings. The Balaban J connectivity index is 2.10. The van der Waals surface area contributed by atoms with Crippen molar-refractivity contribution in [2.75, 3.05) is 5.32 Å². The number of carbonyl (C=O) groups is 1. The first-order chi connectivity index (χ1) is 10.3. The molecular formula is C16H18N2O3S. The van der Waals surface area contributed by atoms with E-state index in [-0.39, 0.29) is 4.90 Å². The van der Waals surface area contributed by atoms with Crippen LogP contribution in [0.3, 0.4) is 0 Å². The van der Waals surface area contributed by atoms with Crippen LogP contribution < -0.4 is 10.0 Å². The first-order valence-corrected chi connectivity index (χ1v) is 8.24. The predicted molar refractivity (Wildman–Crippen MR) is 86.4 cm³/mol. The minimum absolute atomic E-state index is 0.0494. The van der Waals surface area contributed by atoms with E-state index in [1.54, 1.807) is 24.3 Å². The zero-order valence-electron chi connectivity index (χ0n) is 12.7. The fraction of sp³-hybridized carbons (Fsp3) is 0.188. The van der Waals surface area contributed by atoms with Crippen molar-refractivity contribution in [2.24, 2.45) is 0 Å². The Labute approximate surface area is 130 Å². The number of anilines is 1. The molecule has 0 unspecified atom stereocenters. The predicted octanol–water partition coefficient (Wildman–Crippen LogP) is 3.12. The zero-order chi connectivity index (χ0) is 16.3. The monoisotopic (exact) mass is 318 g/mol. The Bertz CT molecular complexity index is 797. The van der Waals surface area contributed by atoms with Crippen LogP contribution in [-0.4, -0.2) is 14.4 Å². The highest BCUT2D eigenvalue weighted by Crippen LogP contribution is 2.14. The smallest absolute Gasteiger partial charge is 0.307 e. The molecule has 0 atom stereocenters. The second kappa shape index (κ2) is 6.19. The van der Waals surface area contributed by atoms with Crippen LogP contribution in [0.25, 0.3) is 0 Å². The maximum Gasteiger partial charge on any atom is 0.333 e. The van der Waals surface area contributed by atoms with Crippen LogP contribution in [0.4, 0.5) is 10.5 Å². The van der Waals surface area contributed by atoms with Gasteiger partial charge in [0.25, 0.3) is 10.0 Å². The molecule has 0 heterocycles. The molecule has 0 saturated heterocycles. The molecule has 5 nitrogen and oxygen atoms in total. The molecule has 2 amide bonds. The Morgan fingerprint density at radius 1 is 0.909 bits per heavy atom. The van der Waals surface area contributed by atoms with E-state index in [1.165, 1.54) is 12.1 Å². The molecule has 0 spiro atoms. The van der Waals surface area contributed by atoms with Crippen molar-refractivity contribution in [3.05, 3.63) is 59.2 Å². The molecule has 0 aliphatic rings. The van der Waals surface area contributed by atoms with Gasteiger partial charge in [-0.05, 0) is 56.2 Å². The average molecular weight is 318 g/mol. The lowest BCUT2D eigenvalue weighted by atomic mass is 10.1. The number of nitrogens with one attached hydrogen (secondary N) is 2. The molecule has 0 saturated carbocycles. The summed E-state index contributed by atoms with van der Waals surface area (Å²) < 4.78 is 26.2. The fourth-order valence-corrected chi connectivity index (χ4v) is 2.78. The summed E-state index contributed by atoms with van der Waals surface area (Å²) in [6.07, 6.45) is 0. The molecule has 0 bridgehead atoms. The molecule has 2 N–H and O–H groups in total. The maximum absolute atomic E-state index is 12.1. The molecule has 116 valence electrons. The van der Waals surface area contributed by atoms with Gasteiger partial charge in [0.05, 0.1) is 4.90 Å². The molecule has 0 aliphatic heterocycles. The summed E-state index contributed by atoms with van der Waals surface area (Å²) in [5.41, 5.74) is 3.59. The van der Waals surface area contributed by atoms with E-state index in [1.807, 2.05) is 31.6 Å². The van der Waals surface area contributed by atoms with E-state index >= 15 is 0 Å². The summed E-state index contributed by atoms with van der Waals surface area (Å²) in [5, 5.41) is 2.52. The van der Waals surface area contributed by atoms with E-state index in [0.717, 1.165) is 16.7 Å².